The van der Waals surface area contributed by atoms with Gasteiger partial charge in [-0.25, -0.2) is 4.79 Å². The molecule has 192 valence electrons. The van der Waals surface area contributed by atoms with Gasteiger partial charge < -0.3 is 60.2 Å². The summed E-state index contributed by atoms with van der Waals surface area (Å²) in [6.07, 6.45) is -12.6. The van der Waals surface area contributed by atoms with Crippen LogP contribution in [0, 0.1) is 0 Å². The molecule has 1 aromatic rings. The Labute approximate surface area is 194 Å². The standard InChI is InChI=1S/C21H30O13/c1-2-9-3-4-10(19(30)31)11(5-9)21(18(29)16(27)14(25)12(6-22)33-21)34-20(8-24)17(28)15(26)13(7-23)32-20/h3-5,12-18,22-29H,2,6-8H2,1H3,(H,30,31)/t12-,13-,14-,15-,16+,17+,18-,20?,21+/m1/s1. The Bertz CT molecular complexity index is 878. The van der Waals surface area contributed by atoms with E-state index < -0.39 is 85.7 Å². The van der Waals surface area contributed by atoms with Gasteiger partial charge in [-0.3, -0.25) is 0 Å². The maximum absolute atomic E-state index is 12.1. The van der Waals surface area contributed by atoms with Gasteiger partial charge >= 0.3 is 5.97 Å². The fourth-order valence-corrected chi connectivity index (χ4v) is 4.30. The van der Waals surface area contributed by atoms with E-state index in [1.807, 2.05) is 0 Å². The molecule has 1 unspecified atom stereocenters. The first kappa shape index (κ1) is 26.8. The van der Waals surface area contributed by atoms with Crippen LogP contribution in [-0.2, 0) is 26.4 Å². The van der Waals surface area contributed by atoms with Gasteiger partial charge in [-0.15, -0.1) is 0 Å². The molecule has 9 atom stereocenters. The number of ether oxygens (including phenoxy) is 3. The Morgan fingerprint density at radius 2 is 1.56 bits per heavy atom. The lowest BCUT2D eigenvalue weighted by Crippen LogP contribution is -2.68. The van der Waals surface area contributed by atoms with Crippen molar-refractivity contribution in [1.82, 2.24) is 0 Å². The summed E-state index contributed by atoms with van der Waals surface area (Å²) in [6.45, 7) is -1.12. The monoisotopic (exact) mass is 490 g/mol. The van der Waals surface area contributed by atoms with Crippen LogP contribution < -0.4 is 0 Å². The zero-order valence-electron chi connectivity index (χ0n) is 18.3. The number of aromatic carboxylic acids is 1. The molecule has 0 amide bonds. The first-order chi connectivity index (χ1) is 16.0. The number of carbonyl (C=O) groups is 1. The quantitative estimate of drug-likeness (QED) is 0.172. The van der Waals surface area contributed by atoms with E-state index in [1.165, 1.54) is 18.2 Å². The fourth-order valence-electron chi connectivity index (χ4n) is 4.30. The molecule has 2 saturated heterocycles. The van der Waals surface area contributed by atoms with E-state index in [0.29, 0.717) is 12.0 Å². The van der Waals surface area contributed by atoms with Crippen LogP contribution >= 0.6 is 0 Å². The Balaban J connectivity index is 2.28. The SMILES string of the molecule is CCc1ccc(C(=O)O)c([C@@]2(OC3(CO)O[C@H](CO)[C@@H](O)[C@@H]3O)O[C@H](CO)[C@@H](O)[C@H](O)[C@H]2O)c1. The molecule has 2 aliphatic rings. The van der Waals surface area contributed by atoms with Crippen LogP contribution in [0.1, 0.15) is 28.4 Å². The number of aliphatic hydroxyl groups is 8. The van der Waals surface area contributed by atoms with Crippen LogP contribution in [0.25, 0.3) is 0 Å². The van der Waals surface area contributed by atoms with Crippen LogP contribution in [0.3, 0.4) is 0 Å². The van der Waals surface area contributed by atoms with Gasteiger partial charge in [0.2, 0.25) is 11.6 Å². The summed E-state index contributed by atoms with van der Waals surface area (Å²) in [4.78, 5) is 12.1. The van der Waals surface area contributed by atoms with Gasteiger partial charge in [-0.1, -0.05) is 13.0 Å². The summed E-state index contributed by atoms with van der Waals surface area (Å²) in [5.41, 5.74) is -0.294. The first-order valence-corrected chi connectivity index (χ1v) is 10.7. The third kappa shape index (κ3) is 4.23. The molecule has 0 bridgehead atoms. The Hall–Kier alpha value is -1.75. The maximum Gasteiger partial charge on any atom is 0.336 e. The van der Waals surface area contributed by atoms with Gasteiger partial charge in [0.15, 0.2) is 0 Å². The van der Waals surface area contributed by atoms with Gasteiger partial charge in [-0.2, -0.15) is 0 Å². The molecule has 1 aromatic carbocycles. The summed E-state index contributed by atoms with van der Waals surface area (Å²) in [7, 11) is 0. The van der Waals surface area contributed by atoms with Crippen molar-refractivity contribution in [3.8, 4) is 0 Å². The van der Waals surface area contributed by atoms with E-state index in [0.717, 1.165) is 0 Å². The molecule has 2 heterocycles. The van der Waals surface area contributed by atoms with E-state index in [2.05, 4.69) is 0 Å². The summed E-state index contributed by atoms with van der Waals surface area (Å²) in [5, 5.41) is 91.9. The normalized spacial score (nSPS) is 40.4. The number of aliphatic hydroxyl groups excluding tert-OH is 8. The lowest BCUT2D eigenvalue weighted by Gasteiger charge is -2.51. The third-order valence-electron chi connectivity index (χ3n) is 6.28. The summed E-state index contributed by atoms with van der Waals surface area (Å²) in [6, 6.07) is 3.96. The molecular formula is C21H30O13. The molecular weight excluding hydrogens is 460 g/mol. The third-order valence-corrected chi connectivity index (χ3v) is 6.28. The average molecular weight is 490 g/mol. The summed E-state index contributed by atoms with van der Waals surface area (Å²) < 4.78 is 16.9. The Kier molecular flexibility index (Phi) is 7.96. The van der Waals surface area contributed by atoms with Gasteiger partial charge in [0.1, 0.15) is 49.3 Å². The minimum atomic E-state index is -2.74. The highest BCUT2D eigenvalue weighted by Gasteiger charge is 2.64. The Morgan fingerprint density at radius 1 is 0.941 bits per heavy atom. The van der Waals surface area contributed by atoms with Gasteiger partial charge in [0.05, 0.1) is 18.8 Å². The zero-order valence-corrected chi connectivity index (χ0v) is 18.3. The zero-order chi connectivity index (χ0) is 25.4. The number of hydrogen-bond acceptors (Lipinski definition) is 12. The molecule has 9 N–H and O–H groups in total. The molecule has 0 aromatic heterocycles. The number of hydrogen-bond donors (Lipinski definition) is 9. The van der Waals surface area contributed by atoms with Crippen molar-refractivity contribution in [2.45, 2.75) is 67.6 Å². The summed E-state index contributed by atoms with van der Waals surface area (Å²) in [5.74, 6) is -6.80. The lowest BCUT2D eigenvalue weighted by atomic mass is 9.84. The van der Waals surface area contributed by atoms with Crippen molar-refractivity contribution in [3.05, 3.63) is 34.9 Å². The number of carboxylic acids is 1. The molecule has 3 rings (SSSR count). The minimum Gasteiger partial charge on any atom is -0.478 e. The van der Waals surface area contributed by atoms with Crippen LogP contribution in [0.5, 0.6) is 0 Å². The van der Waals surface area contributed by atoms with E-state index in [9.17, 15) is 50.8 Å². The maximum atomic E-state index is 12.1. The number of benzene rings is 1. The first-order valence-electron chi connectivity index (χ1n) is 10.7. The van der Waals surface area contributed by atoms with Crippen LogP contribution in [-0.4, -0.2) is 120 Å². The fraction of sp³-hybridized carbons (Fsp3) is 0.667. The van der Waals surface area contributed by atoms with Crippen molar-refractivity contribution in [3.63, 3.8) is 0 Å². The molecule has 2 fully saturated rings. The minimum absolute atomic E-state index is 0.373. The van der Waals surface area contributed by atoms with Crippen LogP contribution in [0.15, 0.2) is 18.2 Å². The topological polar surface area (TPSA) is 227 Å². The molecule has 13 nitrogen and oxygen atoms in total. The summed E-state index contributed by atoms with van der Waals surface area (Å²) >= 11 is 0. The van der Waals surface area contributed by atoms with Gasteiger partial charge in [0, 0.05) is 5.56 Å². The van der Waals surface area contributed by atoms with Crippen molar-refractivity contribution in [2.75, 3.05) is 19.8 Å². The highest BCUT2D eigenvalue weighted by Crippen LogP contribution is 2.47. The predicted molar refractivity (Wildman–Crippen MR) is 109 cm³/mol. The molecule has 34 heavy (non-hydrogen) atoms. The smallest absolute Gasteiger partial charge is 0.336 e. The second kappa shape index (κ2) is 10.1. The number of aryl methyl sites for hydroxylation is 1. The van der Waals surface area contributed by atoms with E-state index in [4.69, 9.17) is 14.2 Å². The molecule has 0 aliphatic carbocycles. The molecule has 0 spiro atoms. The Morgan fingerprint density at radius 3 is 2.06 bits per heavy atom. The van der Waals surface area contributed by atoms with Crippen molar-refractivity contribution in [2.24, 2.45) is 0 Å². The molecule has 13 heteroatoms. The second-order valence-electron chi connectivity index (χ2n) is 8.32. The predicted octanol–water partition coefficient (Wildman–Crippen LogP) is -3.61. The van der Waals surface area contributed by atoms with Crippen molar-refractivity contribution < 1.29 is 65.0 Å². The number of carboxylic acid groups (broad SMARTS) is 1. The molecule has 0 radical (unpaired) electrons. The highest BCUT2D eigenvalue weighted by atomic mass is 16.8. The van der Waals surface area contributed by atoms with E-state index >= 15 is 0 Å². The molecule has 2 aliphatic heterocycles. The molecule has 0 saturated carbocycles. The largest absolute Gasteiger partial charge is 0.478 e. The van der Waals surface area contributed by atoms with Crippen LogP contribution in [0.4, 0.5) is 0 Å². The lowest BCUT2D eigenvalue weighted by molar-refractivity contribution is -0.442. The van der Waals surface area contributed by atoms with Crippen LogP contribution in [0.2, 0.25) is 0 Å². The second-order valence-corrected chi connectivity index (χ2v) is 8.32. The van der Waals surface area contributed by atoms with E-state index in [1.54, 1.807) is 6.92 Å². The van der Waals surface area contributed by atoms with Gasteiger partial charge in [-0.05, 0) is 24.1 Å². The van der Waals surface area contributed by atoms with E-state index in [-0.39, 0.29) is 5.56 Å². The van der Waals surface area contributed by atoms with Gasteiger partial charge in [0.25, 0.3) is 0 Å². The average Bonchev–Trinajstić information content (AvgIpc) is 3.08. The highest BCUT2D eigenvalue weighted by molar-refractivity contribution is 5.90. The van der Waals surface area contributed by atoms with Crippen molar-refractivity contribution in [1.29, 1.82) is 0 Å². The number of rotatable bonds is 8. The van der Waals surface area contributed by atoms with Crippen molar-refractivity contribution >= 4 is 5.97 Å².